The fourth-order valence-electron chi connectivity index (χ4n) is 2.54. The first-order valence-corrected chi connectivity index (χ1v) is 7.63. The molecule has 1 aliphatic heterocycles. The van der Waals surface area contributed by atoms with Crippen LogP contribution in [0.25, 0.3) is 0 Å². The van der Waals surface area contributed by atoms with Gasteiger partial charge in [-0.25, -0.2) is 0 Å². The second-order valence-electron chi connectivity index (χ2n) is 5.35. The SMILES string of the molecule is C[C@@H](O)c1ccc(N(C)CC2CCCOC2)cc1Br. The summed E-state index contributed by atoms with van der Waals surface area (Å²) in [5, 5.41) is 9.63. The number of halogens is 1. The molecule has 0 spiro atoms. The minimum Gasteiger partial charge on any atom is -0.389 e. The monoisotopic (exact) mass is 327 g/mol. The average molecular weight is 328 g/mol. The third-order valence-electron chi connectivity index (χ3n) is 3.66. The first-order valence-electron chi connectivity index (χ1n) is 6.84. The first-order chi connectivity index (χ1) is 9.08. The van der Waals surface area contributed by atoms with Crippen molar-refractivity contribution in [3.05, 3.63) is 28.2 Å². The lowest BCUT2D eigenvalue weighted by molar-refractivity contribution is 0.0576. The van der Waals surface area contributed by atoms with Crippen LogP contribution in [0.4, 0.5) is 5.69 Å². The molecule has 1 aliphatic rings. The van der Waals surface area contributed by atoms with Gasteiger partial charge in [-0.15, -0.1) is 0 Å². The van der Waals surface area contributed by atoms with Crippen molar-refractivity contribution in [2.24, 2.45) is 5.92 Å². The van der Waals surface area contributed by atoms with E-state index in [-0.39, 0.29) is 0 Å². The maximum atomic E-state index is 9.63. The van der Waals surface area contributed by atoms with Crippen molar-refractivity contribution in [3.8, 4) is 0 Å². The molecule has 19 heavy (non-hydrogen) atoms. The van der Waals surface area contributed by atoms with Crippen molar-refractivity contribution < 1.29 is 9.84 Å². The van der Waals surface area contributed by atoms with Crippen molar-refractivity contribution in [1.82, 2.24) is 0 Å². The van der Waals surface area contributed by atoms with Crippen LogP contribution in [0.2, 0.25) is 0 Å². The summed E-state index contributed by atoms with van der Waals surface area (Å²) in [6.45, 7) is 4.58. The Morgan fingerprint density at radius 2 is 2.32 bits per heavy atom. The fourth-order valence-corrected chi connectivity index (χ4v) is 3.23. The Kier molecular flexibility index (Phi) is 5.25. The predicted molar refractivity (Wildman–Crippen MR) is 81.6 cm³/mol. The molecule has 0 aromatic heterocycles. The van der Waals surface area contributed by atoms with Crippen LogP contribution in [0, 0.1) is 5.92 Å². The van der Waals surface area contributed by atoms with Gasteiger partial charge in [0.15, 0.2) is 0 Å². The molecular formula is C15H22BrNO2. The van der Waals surface area contributed by atoms with Crippen LogP contribution in [0.1, 0.15) is 31.4 Å². The fraction of sp³-hybridized carbons (Fsp3) is 0.600. The highest BCUT2D eigenvalue weighted by atomic mass is 79.9. The number of benzene rings is 1. The zero-order valence-electron chi connectivity index (χ0n) is 11.6. The van der Waals surface area contributed by atoms with Gasteiger partial charge >= 0.3 is 0 Å². The van der Waals surface area contributed by atoms with Gasteiger partial charge < -0.3 is 14.7 Å². The van der Waals surface area contributed by atoms with Gasteiger partial charge in [-0.05, 0) is 43.4 Å². The maximum absolute atomic E-state index is 9.63. The Balaban J connectivity index is 2.02. The van der Waals surface area contributed by atoms with E-state index in [2.05, 4.69) is 40.0 Å². The van der Waals surface area contributed by atoms with E-state index >= 15 is 0 Å². The number of anilines is 1. The number of nitrogens with zero attached hydrogens (tertiary/aromatic N) is 1. The summed E-state index contributed by atoms with van der Waals surface area (Å²) in [7, 11) is 2.11. The van der Waals surface area contributed by atoms with E-state index in [0.717, 1.165) is 29.8 Å². The summed E-state index contributed by atoms with van der Waals surface area (Å²) < 4.78 is 6.49. The highest BCUT2D eigenvalue weighted by Gasteiger charge is 2.17. The summed E-state index contributed by atoms with van der Waals surface area (Å²) in [6, 6.07) is 6.13. The Labute approximate surface area is 123 Å². The number of aliphatic hydroxyl groups excluding tert-OH is 1. The van der Waals surface area contributed by atoms with E-state index in [1.807, 2.05) is 6.07 Å². The minimum absolute atomic E-state index is 0.444. The Hall–Kier alpha value is -0.580. The average Bonchev–Trinajstić information content (AvgIpc) is 2.39. The van der Waals surface area contributed by atoms with Crippen molar-refractivity contribution in [3.63, 3.8) is 0 Å². The number of hydrogen-bond donors (Lipinski definition) is 1. The smallest absolute Gasteiger partial charge is 0.0772 e. The standard InChI is InChI=1S/C15H22BrNO2/c1-11(18)14-6-5-13(8-15(14)16)17(2)9-12-4-3-7-19-10-12/h5-6,8,11-12,18H,3-4,7,9-10H2,1-2H3/t11-,12?/m1/s1. The minimum atomic E-state index is -0.444. The lowest BCUT2D eigenvalue weighted by Gasteiger charge is -2.28. The highest BCUT2D eigenvalue weighted by molar-refractivity contribution is 9.10. The molecule has 0 saturated carbocycles. The molecule has 3 nitrogen and oxygen atoms in total. The molecule has 1 N–H and O–H groups in total. The summed E-state index contributed by atoms with van der Waals surface area (Å²) in [5.74, 6) is 0.619. The molecule has 0 radical (unpaired) electrons. The Morgan fingerprint density at radius 3 is 2.89 bits per heavy atom. The maximum Gasteiger partial charge on any atom is 0.0772 e. The predicted octanol–water partition coefficient (Wildman–Crippen LogP) is 3.37. The third-order valence-corrected chi connectivity index (χ3v) is 4.35. The Morgan fingerprint density at radius 1 is 1.53 bits per heavy atom. The van der Waals surface area contributed by atoms with Gasteiger partial charge in [0.2, 0.25) is 0 Å². The highest BCUT2D eigenvalue weighted by Crippen LogP contribution is 2.28. The lowest BCUT2D eigenvalue weighted by Crippen LogP contribution is -2.30. The normalized spacial score (nSPS) is 21.2. The molecule has 1 heterocycles. The summed E-state index contributed by atoms with van der Waals surface area (Å²) in [5.41, 5.74) is 2.10. The van der Waals surface area contributed by atoms with Gasteiger partial charge in [0, 0.05) is 30.4 Å². The van der Waals surface area contributed by atoms with E-state index in [1.165, 1.54) is 18.5 Å². The molecule has 106 valence electrons. The Bertz CT molecular complexity index is 417. The molecule has 1 saturated heterocycles. The molecule has 1 fully saturated rings. The van der Waals surface area contributed by atoms with Gasteiger partial charge in [0.25, 0.3) is 0 Å². The van der Waals surface area contributed by atoms with Crippen LogP contribution in [0.3, 0.4) is 0 Å². The van der Waals surface area contributed by atoms with Gasteiger partial charge in [-0.2, -0.15) is 0 Å². The second kappa shape index (κ2) is 6.73. The van der Waals surface area contributed by atoms with Crippen molar-refractivity contribution in [2.75, 3.05) is 31.7 Å². The zero-order chi connectivity index (χ0) is 13.8. The second-order valence-corrected chi connectivity index (χ2v) is 6.20. The van der Waals surface area contributed by atoms with Crippen molar-refractivity contribution in [2.45, 2.75) is 25.9 Å². The van der Waals surface area contributed by atoms with Crippen molar-refractivity contribution >= 4 is 21.6 Å². The van der Waals surface area contributed by atoms with Crippen LogP contribution in [-0.2, 0) is 4.74 Å². The zero-order valence-corrected chi connectivity index (χ0v) is 13.2. The number of rotatable bonds is 4. The number of hydrogen-bond acceptors (Lipinski definition) is 3. The van der Waals surface area contributed by atoms with E-state index < -0.39 is 6.10 Å². The molecule has 1 aromatic rings. The van der Waals surface area contributed by atoms with E-state index in [1.54, 1.807) is 6.92 Å². The third kappa shape index (κ3) is 3.94. The first kappa shape index (κ1) is 14.8. The van der Waals surface area contributed by atoms with Crippen LogP contribution in [0.15, 0.2) is 22.7 Å². The van der Waals surface area contributed by atoms with Crippen LogP contribution >= 0.6 is 15.9 Å². The van der Waals surface area contributed by atoms with Gasteiger partial charge in [-0.3, -0.25) is 0 Å². The topological polar surface area (TPSA) is 32.7 Å². The summed E-state index contributed by atoms with van der Waals surface area (Å²) in [6.07, 6.45) is 1.97. The molecular weight excluding hydrogens is 306 g/mol. The molecule has 0 bridgehead atoms. The van der Waals surface area contributed by atoms with Crippen LogP contribution in [-0.4, -0.2) is 31.9 Å². The number of ether oxygens (including phenoxy) is 1. The molecule has 2 rings (SSSR count). The van der Waals surface area contributed by atoms with E-state index in [0.29, 0.717) is 5.92 Å². The van der Waals surface area contributed by atoms with Gasteiger partial charge in [-0.1, -0.05) is 22.0 Å². The van der Waals surface area contributed by atoms with Gasteiger partial charge in [0.05, 0.1) is 12.7 Å². The number of aliphatic hydroxyl groups is 1. The van der Waals surface area contributed by atoms with Crippen LogP contribution < -0.4 is 4.90 Å². The van der Waals surface area contributed by atoms with E-state index in [4.69, 9.17) is 4.74 Å². The van der Waals surface area contributed by atoms with Gasteiger partial charge in [0.1, 0.15) is 0 Å². The quantitative estimate of drug-likeness (QED) is 0.920. The molecule has 4 heteroatoms. The largest absolute Gasteiger partial charge is 0.389 e. The molecule has 0 amide bonds. The molecule has 2 atom stereocenters. The summed E-state index contributed by atoms with van der Waals surface area (Å²) in [4.78, 5) is 2.26. The molecule has 1 aromatic carbocycles. The van der Waals surface area contributed by atoms with Crippen molar-refractivity contribution in [1.29, 1.82) is 0 Å². The lowest BCUT2D eigenvalue weighted by atomic mass is 10.0. The molecule has 1 unspecified atom stereocenters. The molecule has 0 aliphatic carbocycles. The summed E-state index contributed by atoms with van der Waals surface area (Å²) >= 11 is 3.53. The van der Waals surface area contributed by atoms with E-state index in [9.17, 15) is 5.11 Å². The van der Waals surface area contributed by atoms with Crippen LogP contribution in [0.5, 0.6) is 0 Å².